The van der Waals surface area contributed by atoms with Gasteiger partial charge in [0.25, 0.3) is 0 Å². The second-order valence-corrected chi connectivity index (χ2v) is 5.14. The van der Waals surface area contributed by atoms with Gasteiger partial charge in [0, 0.05) is 29.9 Å². The van der Waals surface area contributed by atoms with Crippen LogP contribution in [0.1, 0.15) is 44.1 Å². The highest BCUT2D eigenvalue weighted by Gasteiger charge is 2.10. The first kappa shape index (κ1) is 14.5. The molecule has 5 heteroatoms. The summed E-state index contributed by atoms with van der Waals surface area (Å²) in [6.07, 6.45) is 1.90. The Morgan fingerprint density at radius 3 is 2.65 bits per heavy atom. The third-order valence-electron chi connectivity index (χ3n) is 3.03. The summed E-state index contributed by atoms with van der Waals surface area (Å²) < 4.78 is 20.8. The molecule has 0 bridgehead atoms. The molecular formula is C15H20FN3O. The van der Waals surface area contributed by atoms with Gasteiger partial charge in [-0.2, -0.15) is 5.10 Å². The molecule has 1 aromatic heterocycles. The Bertz CT molecular complexity index is 578. The number of benzene rings is 1. The topological polar surface area (TPSA) is 53.1 Å². The van der Waals surface area contributed by atoms with Crippen molar-refractivity contribution in [2.24, 2.45) is 5.73 Å². The van der Waals surface area contributed by atoms with Crippen molar-refractivity contribution in [2.45, 2.75) is 39.5 Å². The van der Waals surface area contributed by atoms with Crippen LogP contribution in [0.4, 0.5) is 4.39 Å². The summed E-state index contributed by atoms with van der Waals surface area (Å²) in [6.45, 7) is 6.24. The normalized spacial score (nSPS) is 12.7. The van der Waals surface area contributed by atoms with E-state index in [1.54, 1.807) is 6.07 Å². The molecular weight excluding hydrogens is 257 g/mol. The summed E-state index contributed by atoms with van der Waals surface area (Å²) >= 11 is 0. The molecule has 2 N–H and O–H groups in total. The summed E-state index contributed by atoms with van der Waals surface area (Å²) in [5.74, 6) is 0.135. The quantitative estimate of drug-likeness (QED) is 0.913. The fourth-order valence-electron chi connectivity index (χ4n) is 1.90. The van der Waals surface area contributed by atoms with Gasteiger partial charge < -0.3 is 10.5 Å². The number of nitrogens with zero attached hydrogens (tertiary/aromatic N) is 2. The monoisotopic (exact) mass is 277 g/mol. The van der Waals surface area contributed by atoms with Crippen molar-refractivity contribution in [1.82, 2.24) is 9.78 Å². The van der Waals surface area contributed by atoms with Crippen molar-refractivity contribution in [3.8, 4) is 5.75 Å². The molecule has 0 aliphatic carbocycles. The van der Waals surface area contributed by atoms with Crippen LogP contribution < -0.4 is 10.5 Å². The van der Waals surface area contributed by atoms with E-state index in [0.29, 0.717) is 18.4 Å². The summed E-state index contributed by atoms with van der Waals surface area (Å²) in [5.41, 5.74) is 7.45. The van der Waals surface area contributed by atoms with Gasteiger partial charge in [0.05, 0.1) is 5.69 Å². The lowest BCUT2D eigenvalue weighted by Crippen LogP contribution is -2.09. The van der Waals surface area contributed by atoms with Crippen molar-refractivity contribution >= 4 is 0 Å². The molecule has 1 aromatic carbocycles. The van der Waals surface area contributed by atoms with Crippen LogP contribution in [0.2, 0.25) is 0 Å². The highest BCUT2D eigenvalue weighted by Crippen LogP contribution is 2.25. The van der Waals surface area contributed by atoms with Gasteiger partial charge in [-0.1, -0.05) is 6.07 Å². The maximum Gasteiger partial charge on any atom is 0.132 e. The molecule has 2 rings (SSSR count). The van der Waals surface area contributed by atoms with Gasteiger partial charge in [0.15, 0.2) is 0 Å². The van der Waals surface area contributed by atoms with Gasteiger partial charge >= 0.3 is 0 Å². The van der Waals surface area contributed by atoms with Crippen LogP contribution in [0.5, 0.6) is 5.75 Å². The molecule has 0 aliphatic heterocycles. The molecule has 108 valence electrons. The largest absolute Gasteiger partial charge is 0.487 e. The lowest BCUT2D eigenvalue weighted by atomic mass is 10.1. The zero-order valence-electron chi connectivity index (χ0n) is 12.0. The maximum atomic E-state index is 13.3. The average molecular weight is 277 g/mol. The van der Waals surface area contributed by atoms with Gasteiger partial charge in [-0.05, 0) is 32.9 Å². The number of halogens is 1. The third kappa shape index (κ3) is 3.36. The molecule has 2 aromatic rings. The van der Waals surface area contributed by atoms with Crippen molar-refractivity contribution in [3.63, 3.8) is 0 Å². The Balaban J connectivity index is 2.11. The predicted molar refractivity (Wildman–Crippen MR) is 75.9 cm³/mol. The zero-order chi connectivity index (χ0) is 14.7. The molecule has 1 heterocycles. The Morgan fingerprint density at radius 1 is 1.30 bits per heavy atom. The first-order valence-corrected chi connectivity index (χ1v) is 6.69. The van der Waals surface area contributed by atoms with Crippen LogP contribution in [0.15, 0.2) is 30.5 Å². The number of rotatable bonds is 5. The van der Waals surface area contributed by atoms with Crippen LogP contribution >= 0.6 is 0 Å². The smallest absolute Gasteiger partial charge is 0.132 e. The van der Waals surface area contributed by atoms with Crippen LogP contribution in [0, 0.1) is 5.82 Å². The van der Waals surface area contributed by atoms with Crippen molar-refractivity contribution in [3.05, 3.63) is 47.5 Å². The second-order valence-electron chi connectivity index (χ2n) is 5.14. The van der Waals surface area contributed by atoms with E-state index in [1.807, 2.05) is 23.9 Å². The van der Waals surface area contributed by atoms with Crippen molar-refractivity contribution in [2.75, 3.05) is 0 Å². The number of aromatic nitrogens is 2. The van der Waals surface area contributed by atoms with Crippen LogP contribution in [-0.2, 0) is 6.61 Å². The first-order valence-electron chi connectivity index (χ1n) is 6.69. The third-order valence-corrected chi connectivity index (χ3v) is 3.03. The Kier molecular flexibility index (Phi) is 4.39. The van der Waals surface area contributed by atoms with E-state index in [-0.39, 0.29) is 11.9 Å². The molecule has 4 nitrogen and oxygen atoms in total. The molecule has 0 saturated carbocycles. The standard InChI is InChI=1S/C15H20FN3O/c1-10(2)19-7-6-13(18-19)9-20-15-8-12(16)4-5-14(15)11(3)17/h4-8,10-11H,9,17H2,1-3H3/t11-/m1/s1. The summed E-state index contributed by atoms with van der Waals surface area (Å²) in [4.78, 5) is 0. The SMILES string of the molecule is CC(C)n1ccc(COc2cc(F)ccc2[C@@H](C)N)n1. The van der Waals surface area contributed by atoms with E-state index in [4.69, 9.17) is 10.5 Å². The maximum absolute atomic E-state index is 13.3. The minimum Gasteiger partial charge on any atom is -0.487 e. The van der Waals surface area contributed by atoms with Crippen LogP contribution in [0.25, 0.3) is 0 Å². The van der Waals surface area contributed by atoms with Gasteiger partial charge in [-0.15, -0.1) is 0 Å². The van der Waals surface area contributed by atoms with Gasteiger partial charge in [0.1, 0.15) is 18.2 Å². The number of nitrogens with two attached hydrogens (primary N) is 1. The molecule has 0 fully saturated rings. The summed E-state index contributed by atoms with van der Waals surface area (Å²) in [6, 6.07) is 6.39. The average Bonchev–Trinajstić information content (AvgIpc) is 2.85. The van der Waals surface area contributed by atoms with Crippen LogP contribution in [0.3, 0.4) is 0 Å². The molecule has 20 heavy (non-hydrogen) atoms. The van der Waals surface area contributed by atoms with E-state index in [9.17, 15) is 4.39 Å². The second kappa shape index (κ2) is 6.05. The Labute approximate surface area is 118 Å². The summed E-state index contributed by atoms with van der Waals surface area (Å²) in [5, 5.41) is 4.39. The van der Waals surface area contributed by atoms with Gasteiger partial charge in [-0.3, -0.25) is 4.68 Å². The van der Waals surface area contributed by atoms with Crippen LogP contribution in [-0.4, -0.2) is 9.78 Å². The van der Waals surface area contributed by atoms with E-state index in [0.717, 1.165) is 11.3 Å². The molecule has 0 radical (unpaired) electrons. The molecule has 0 amide bonds. The zero-order valence-corrected chi connectivity index (χ0v) is 12.0. The predicted octanol–water partition coefficient (Wildman–Crippen LogP) is 3.20. The van der Waals surface area contributed by atoms with Gasteiger partial charge in [-0.25, -0.2) is 4.39 Å². The number of hydrogen-bond donors (Lipinski definition) is 1. The van der Waals surface area contributed by atoms with Crippen molar-refractivity contribution < 1.29 is 9.13 Å². The van der Waals surface area contributed by atoms with Crippen molar-refractivity contribution in [1.29, 1.82) is 0 Å². The highest BCUT2D eigenvalue weighted by atomic mass is 19.1. The fraction of sp³-hybridized carbons (Fsp3) is 0.400. The van der Waals surface area contributed by atoms with Gasteiger partial charge in [0.2, 0.25) is 0 Å². The lowest BCUT2D eigenvalue weighted by molar-refractivity contribution is 0.292. The van der Waals surface area contributed by atoms with E-state index >= 15 is 0 Å². The number of ether oxygens (including phenoxy) is 1. The molecule has 0 spiro atoms. The lowest BCUT2D eigenvalue weighted by Gasteiger charge is -2.13. The molecule has 0 aliphatic rings. The Morgan fingerprint density at radius 2 is 2.05 bits per heavy atom. The molecule has 1 atom stereocenters. The minimum absolute atomic E-state index is 0.209. The minimum atomic E-state index is -0.336. The Hall–Kier alpha value is -1.88. The summed E-state index contributed by atoms with van der Waals surface area (Å²) in [7, 11) is 0. The van der Waals surface area contributed by atoms with E-state index < -0.39 is 0 Å². The first-order chi connectivity index (χ1) is 9.47. The fourth-order valence-corrected chi connectivity index (χ4v) is 1.90. The molecule has 0 saturated heterocycles. The van der Waals surface area contributed by atoms with E-state index in [2.05, 4.69) is 18.9 Å². The molecule has 0 unspecified atom stereocenters. The van der Waals surface area contributed by atoms with E-state index in [1.165, 1.54) is 12.1 Å². The number of hydrogen-bond acceptors (Lipinski definition) is 3. The highest BCUT2D eigenvalue weighted by molar-refractivity contribution is 5.36.